The summed E-state index contributed by atoms with van der Waals surface area (Å²) in [4.78, 5) is 0. The van der Waals surface area contributed by atoms with E-state index < -0.39 is 6.00 Å². The van der Waals surface area contributed by atoms with Crippen LogP contribution in [0.1, 0.15) is 13.3 Å². The van der Waals surface area contributed by atoms with Crippen LogP contribution in [0.5, 0.6) is 0 Å². The summed E-state index contributed by atoms with van der Waals surface area (Å²) in [7, 11) is 0. The van der Waals surface area contributed by atoms with Crippen molar-refractivity contribution in [3.8, 4) is 0 Å². The van der Waals surface area contributed by atoms with Gasteiger partial charge in [0.2, 0.25) is 0 Å². The highest BCUT2D eigenvalue weighted by Crippen LogP contribution is 2.29. The Kier molecular flexibility index (Phi) is 4.14. The average Bonchev–Trinajstić information content (AvgIpc) is 2.69. The van der Waals surface area contributed by atoms with Crippen LogP contribution in [0.25, 0.3) is 0 Å². The van der Waals surface area contributed by atoms with Gasteiger partial charge in [-0.1, -0.05) is 6.92 Å². The molecule has 0 aromatic rings. The summed E-state index contributed by atoms with van der Waals surface area (Å²) in [6, 6.07) is -2.69. The standard InChI is InChI=1S/C6H11Cl3O2Si/c1-2-6(12(7,8)9)11-4-5-3-10-5/h5-6H,2-4H2,1H3. The van der Waals surface area contributed by atoms with Gasteiger partial charge in [-0.15, -0.1) is 33.2 Å². The van der Waals surface area contributed by atoms with Gasteiger partial charge < -0.3 is 9.47 Å². The molecular weight excluding hydrogens is 239 g/mol. The quantitative estimate of drug-likeness (QED) is 0.424. The molecule has 1 saturated heterocycles. The first kappa shape index (κ1) is 11.1. The van der Waals surface area contributed by atoms with E-state index in [2.05, 4.69) is 0 Å². The topological polar surface area (TPSA) is 21.8 Å². The molecule has 2 unspecified atom stereocenters. The molecule has 0 radical (unpaired) electrons. The third kappa shape index (κ3) is 3.81. The van der Waals surface area contributed by atoms with Gasteiger partial charge in [0.05, 0.1) is 18.9 Å². The summed E-state index contributed by atoms with van der Waals surface area (Å²) in [6.07, 6.45) is 0.982. The van der Waals surface area contributed by atoms with Crippen LogP contribution in [0.3, 0.4) is 0 Å². The van der Waals surface area contributed by atoms with Crippen molar-refractivity contribution in [2.45, 2.75) is 25.2 Å². The van der Waals surface area contributed by atoms with Gasteiger partial charge in [-0.3, -0.25) is 0 Å². The van der Waals surface area contributed by atoms with E-state index in [4.69, 9.17) is 42.7 Å². The number of hydrogen-bond acceptors (Lipinski definition) is 2. The molecule has 1 aliphatic heterocycles. The normalized spacial score (nSPS) is 25.5. The summed E-state index contributed by atoms with van der Waals surface area (Å²) in [6.45, 7) is 3.28. The summed E-state index contributed by atoms with van der Waals surface area (Å²) in [5, 5.41) is 0. The molecule has 0 aliphatic carbocycles. The van der Waals surface area contributed by atoms with Crippen molar-refractivity contribution in [1.29, 1.82) is 0 Å². The van der Waals surface area contributed by atoms with E-state index in [-0.39, 0.29) is 11.8 Å². The van der Waals surface area contributed by atoms with Crippen LogP contribution in [0.2, 0.25) is 0 Å². The maximum atomic E-state index is 5.81. The molecule has 0 aromatic heterocycles. The highest BCUT2D eigenvalue weighted by atomic mass is 35.8. The molecule has 1 heterocycles. The molecule has 1 rings (SSSR count). The fourth-order valence-electron chi connectivity index (χ4n) is 0.832. The minimum Gasteiger partial charge on any atom is -0.375 e. The van der Waals surface area contributed by atoms with Crippen molar-refractivity contribution in [1.82, 2.24) is 0 Å². The fraction of sp³-hybridized carbons (Fsp3) is 1.00. The van der Waals surface area contributed by atoms with Crippen LogP contribution in [0.4, 0.5) is 0 Å². The highest BCUT2D eigenvalue weighted by molar-refractivity contribution is 7.65. The van der Waals surface area contributed by atoms with Crippen LogP contribution in [0, 0.1) is 0 Å². The van der Waals surface area contributed by atoms with Gasteiger partial charge in [0.1, 0.15) is 6.10 Å². The Bertz CT molecular complexity index is 146. The zero-order chi connectivity index (χ0) is 9.19. The Morgan fingerprint density at radius 3 is 2.50 bits per heavy atom. The predicted octanol–water partition coefficient (Wildman–Crippen LogP) is 2.37. The molecule has 0 spiro atoms. The van der Waals surface area contributed by atoms with E-state index in [9.17, 15) is 0 Å². The van der Waals surface area contributed by atoms with E-state index in [1.54, 1.807) is 0 Å². The Labute approximate surface area is 87.2 Å². The van der Waals surface area contributed by atoms with Crippen LogP contribution >= 0.6 is 33.2 Å². The third-order valence-electron chi connectivity index (χ3n) is 1.62. The van der Waals surface area contributed by atoms with Crippen molar-refractivity contribution in [2.24, 2.45) is 0 Å². The van der Waals surface area contributed by atoms with Crippen LogP contribution in [-0.2, 0) is 9.47 Å². The van der Waals surface area contributed by atoms with E-state index in [1.165, 1.54) is 0 Å². The molecule has 1 aliphatic rings. The molecule has 0 amide bonds. The lowest BCUT2D eigenvalue weighted by Crippen LogP contribution is -2.34. The maximum absolute atomic E-state index is 5.81. The first-order valence-corrected chi connectivity index (χ1v) is 8.95. The Morgan fingerprint density at radius 2 is 2.17 bits per heavy atom. The molecule has 0 N–H and O–H groups in total. The number of hydrogen-bond donors (Lipinski definition) is 0. The number of epoxide rings is 1. The van der Waals surface area contributed by atoms with Gasteiger partial charge in [-0.05, 0) is 6.42 Å². The second-order valence-corrected chi connectivity index (χ2v) is 11.6. The van der Waals surface area contributed by atoms with Gasteiger partial charge in [0.15, 0.2) is 0 Å². The lowest BCUT2D eigenvalue weighted by atomic mass is 10.5. The van der Waals surface area contributed by atoms with Crippen molar-refractivity contribution < 1.29 is 9.47 Å². The lowest BCUT2D eigenvalue weighted by molar-refractivity contribution is 0.0871. The number of rotatable bonds is 5. The highest BCUT2D eigenvalue weighted by Gasteiger charge is 2.38. The van der Waals surface area contributed by atoms with Gasteiger partial charge in [-0.2, -0.15) is 0 Å². The molecule has 6 heteroatoms. The lowest BCUT2D eigenvalue weighted by Gasteiger charge is -2.20. The third-order valence-corrected chi connectivity index (χ3v) is 5.12. The Morgan fingerprint density at radius 1 is 1.58 bits per heavy atom. The summed E-state index contributed by atoms with van der Waals surface area (Å²) < 4.78 is 10.4. The molecule has 2 nitrogen and oxygen atoms in total. The average molecular weight is 250 g/mol. The largest absolute Gasteiger partial charge is 0.375 e. The van der Waals surface area contributed by atoms with Gasteiger partial charge in [-0.25, -0.2) is 0 Å². The second kappa shape index (κ2) is 4.49. The zero-order valence-corrected chi connectivity index (χ0v) is 9.99. The van der Waals surface area contributed by atoms with E-state index in [0.29, 0.717) is 6.61 Å². The minimum atomic E-state index is -2.69. The van der Waals surface area contributed by atoms with E-state index >= 15 is 0 Å². The zero-order valence-electron chi connectivity index (χ0n) is 6.73. The van der Waals surface area contributed by atoms with Crippen molar-refractivity contribution >= 4 is 39.2 Å². The van der Waals surface area contributed by atoms with Crippen molar-refractivity contribution in [3.63, 3.8) is 0 Å². The molecule has 12 heavy (non-hydrogen) atoms. The molecule has 0 bridgehead atoms. The summed E-state index contributed by atoms with van der Waals surface area (Å²) in [5.74, 6) is 0. The first-order chi connectivity index (χ1) is 5.54. The molecule has 72 valence electrons. The summed E-state index contributed by atoms with van der Waals surface area (Å²) >= 11 is 17.4. The van der Waals surface area contributed by atoms with E-state index in [0.717, 1.165) is 13.0 Å². The fourth-order valence-corrected chi connectivity index (χ4v) is 3.54. The maximum Gasteiger partial charge on any atom is 0.369 e. The van der Waals surface area contributed by atoms with Gasteiger partial charge in [0, 0.05) is 0 Å². The number of halogens is 3. The van der Waals surface area contributed by atoms with Crippen LogP contribution < -0.4 is 0 Å². The number of ether oxygens (including phenoxy) is 2. The van der Waals surface area contributed by atoms with Crippen LogP contribution in [0.15, 0.2) is 0 Å². The predicted molar refractivity (Wildman–Crippen MR) is 53.1 cm³/mol. The minimum absolute atomic E-state index is 0.202. The second-order valence-electron chi connectivity index (χ2n) is 2.73. The first-order valence-electron chi connectivity index (χ1n) is 3.84. The molecule has 0 aromatic carbocycles. The molecule has 2 atom stereocenters. The van der Waals surface area contributed by atoms with Crippen LogP contribution in [-0.4, -0.2) is 31.0 Å². The monoisotopic (exact) mass is 248 g/mol. The SMILES string of the molecule is CCC(OCC1CO1)[Si](Cl)(Cl)Cl. The Hall–Kier alpha value is 1.01. The molecule has 1 fully saturated rings. The van der Waals surface area contributed by atoms with Gasteiger partial charge >= 0.3 is 6.00 Å². The Balaban J connectivity index is 2.23. The smallest absolute Gasteiger partial charge is 0.369 e. The summed E-state index contributed by atoms with van der Waals surface area (Å²) in [5.41, 5.74) is -0.202. The van der Waals surface area contributed by atoms with Gasteiger partial charge in [0.25, 0.3) is 0 Å². The van der Waals surface area contributed by atoms with E-state index in [1.807, 2.05) is 6.92 Å². The molecular formula is C6H11Cl3O2Si. The molecule has 0 saturated carbocycles. The van der Waals surface area contributed by atoms with Crippen molar-refractivity contribution in [3.05, 3.63) is 0 Å². The van der Waals surface area contributed by atoms with Crippen molar-refractivity contribution in [2.75, 3.05) is 13.2 Å².